The first kappa shape index (κ1) is 21.5. The number of nitrogens with zero attached hydrogens (tertiary/aromatic N) is 1. The zero-order chi connectivity index (χ0) is 22.2. The van der Waals surface area contributed by atoms with Crippen molar-refractivity contribution in [1.29, 1.82) is 0 Å². The normalized spacial score (nSPS) is 21.2. The minimum Gasteiger partial charge on any atom is -0.207 e. The van der Waals surface area contributed by atoms with E-state index in [0.29, 0.717) is 11.3 Å². The fourth-order valence-electron chi connectivity index (χ4n) is 4.80. The van der Waals surface area contributed by atoms with Crippen molar-refractivity contribution in [3.63, 3.8) is 0 Å². The van der Waals surface area contributed by atoms with Crippen LogP contribution >= 0.6 is 0 Å². The van der Waals surface area contributed by atoms with Gasteiger partial charge in [0.1, 0.15) is 0 Å². The molecule has 3 atom stereocenters. The van der Waals surface area contributed by atoms with E-state index in [1.165, 1.54) is 0 Å². The van der Waals surface area contributed by atoms with E-state index >= 15 is 0 Å². The van der Waals surface area contributed by atoms with Gasteiger partial charge in [-0.1, -0.05) is 84.4 Å². The highest BCUT2D eigenvalue weighted by molar-refractivity contribution is 7.89. The lowest BCUT2D eigenvalue weighted by Gasteiger charge is -2.14. The third-order valence-electron chi connectivity index (χ3n) is 6.04. The Balaban J connectivity index is 1.78. The SMILES string of the molecule is C/C=C(\c1ccccc1)[C@@H]1[C@H](Cc2ccccc2)N1S(=O)(=O)c1c(C)cc(C)cc1C. The van der Waals surface area contributed by atoms with Gasteiger partial charge in [-0.15, -0.1) is 0 Å². The van der Waals surface area contributed by atoms with Crippen LogP contribution in [0.1, 0.15) is 34.7 Å². The zero-order valence-corrected chi connectivity index (χ0v) is 19.4. The van der Waals surface area contributed by atoms with Gasteiger partial charge >= 0.3 is 0 Å². The summed E-state index contributed by atoms with van der Waals surface area (Å²) >= 11 is 0. The zero-order valence-electron chi connectivity index (χ0n) is 18.5. The number of rotatable bonds is 6. The molecular weight excluding hydrogens is 402 g/mol. The maximum atomic E-state index is 13.9. The van der Waals surface area contributed by atoms with Crippen LogP contribution in [0.5, 0.6) is 0 Å². The summed E-state index contributed by atoms with van der Waals surface area (Å²) in [6.07, 6.45) is 2.75. The molecule has 0 N–H and O–H groups in total. The third kappa shape index (κ3) is 4.10. The molecule has 3 aromatic carbocycles. The second kappa shape index (κ2) is 8.45. The quantitative estimate of drug-likeness (QED) is 0.470. The van der Waals surface area contributed by atoms with E-state index in [9.17, 15) is 8.42 Å². The van der Waals surface area contributed by atoms with Crippen LogP contribution in [-0.2, 0) is 16.4 Å². The summed E-state index contributed by atoms with van der Waals surface area (Å²) in [7, 11) is -3.63. The average Bonchev–Trinajstić information content (AvgIpc) is 3.43. The van der Waals surface area contributed by atoms with Crippen molar-refractivity contribution in [2.45, 2.75) is 51.1 Å². The van der Waals surface area contributed by atoms with Crippen LogP contribution in [0.25, 0.3) is 5.57 Å². The number of aryl methyl sites for hydroxylation is 3. The first-order valence-electron chi connectivity index (χ1n) is 10.7. The van der Waals surface area contributed by atoms with Crippen LogP contribution in [-0.4, -0.2) is 24.8 Å². The van der Waals surface area contributed by atoms with Crippen molar-refractivity contribution in [2.75, 3.05) is 0 Å². The van der Waals surface area contributed by atoms with E-state index in [1.54, 1.807) is 4.31 Å². The summed E-state index contributed by atoms with van der Waals surface area (Å²) in [4.78, 5) is 0.446. The molecule has 0 saturated carbocycles. The largest absolute Gasteiger partial charge is 0.244 e. The minimum atomic E-state index is -3.63. The summed E-state index contributed by atoms with van der Waals surface area (Å²) < 4.78 is 29.5. The topological polar surface area (TPSA) is 37.1 Å². The van der Waals surface area contributed by atoms with Crippen LogP contribution in [0, 0.1) is 20.8 Å². The standard InChI is InChI=1S/C27H29NO2S/c1-5-24(23-14-10-7-11-15-23)26-25(18-22-12-8-6-9-13-22)28(26)31(29,30)27-20(3)16-19(2)17-21(27)4/h5-17,25-26H,18H2,1-4H3/b24-5+/t25-,26+,28?/m0/s1. The van der Waals surface area contributed by atoms with E-state index in [4.69, 9.17) is 0 Å². The Hall–Kier alpha value is -2.69. The van der Waals surface area contributed by atoms with Crippen LogP contribution in [0.15, 0.2) is 83.8 Å². The van der Waals surface area contributed by atoms with Gasteiger partial charge in [0.05, 0.1) is 17.0 Å². The summed E-state index contributed by atoms with van der Waals surface area (Å²) in [5, 5.41) is 0. The lowest BCUT2D eigenvalue weighted by atomic mass is 9.98. The summed E-state index contributed by atoms with van der Waals surface area (Å²) in [6.45, 7) is 7.78. The number of benzene rings is 3. The molecule has 1 heterocycles. The molecule has 1 unspecified atom stereocenters. The highest BCUT2D eigenvalue weighted by Crippen LogP contribution is 2.46. The summed E-state index contributed by atoms with van der Waals surface area (Å²) in [6, 6.07) is 23.9. The predicted molar refractivity (Wildman–Crippen MR) is 127 cm³/mol. The van der Waals surface area contributed by atoms with E-state index < -0.39 is 10.0 Å². The monoisotopic (exact) mass is 431 g/mol. The second-order valence-electron chi connectivity index (χ2n) is 8.37. The molecule has 0 amide bonds. The molecule has 4 rings (SSSR count). The van der Waals surface area contributed by atoms with Gasteiger partial charge in [0, 0.05) is 0 Å². The first-order valence-corrected chi connectivity index (χ1v) is 12.2. The molecule has 0 aromatic heterocycles. The van der Waals surface area contributed by atoms with Crippen molar-refractivity contribution in [3.05, 3.63) is 107 Å². The smallest absolute Gasteiger partial charge is 0.207 e. The van der Waals surface area contributed by atoms with Crippen LogP contribution < -0.4 is 0 Å². The fraction of sp³-hybridized carbons (Fsp3) is 0.259. The fourth-order valence-corrected chi connectivity index (χ4v) is 6.99. The number of allylic oxidation sites excluding steroid dienone is 1. The third-order valence-corrected chi connectivity index (χ3v) is 8.25. The van der Waals surface area contributed by atoms with E-state index in [-0.39, 0.29) is 12.1 Å². The van der Waals surface area contributed by atoms with Crippen molar-refractivity contribution in [2.24, 2.45) is 0 Å². The molecule has 1 fully saturated rings. The van der Waals surface area contributed by atoms with E-state index in [1.807, 2.05) is 76.2 Å². The highest BCUT2D eigenvalue weighted by Gasteiger charge is 2.57. The van der Waals surface area contributed by atoms with Gasteiger partial charge in [-0.2, -0.15) is 4.31 Å². The van der Waals surface area contributed by atoms with Gasteiger partial charge in [-0.05, 0) is 61.9 Å². The molecule has 4 heteroatoms. The molecule has 0 spiro atoms. The van der Waals surface area contributed by atoms with Gasteiger partial charge in [-0.3, -0.25) is 0 Å². The number of sulfonamides is 1. The average molecular weight is 432 g/mol. The second-order valence-corrected chi connectivity index (χ2v) is 10.2. The van der Waals surface area contributed by atoms with Crippen LogP contribution in [0.3, 0.4) is 0 Å². The van der Waals surface area contributed by atoms with Gasteiger partial charge in [0.2, 0.25) is 10.0 Å². The Morgan fingerprint density at radius 3 is 2.00 bits per heavy atom. The Bertz CT molecular complexity index is 1190. The Morgan fingerprint density at radius 1 is 0.903 bits per heavy atom. The molecule has 1 aliphatic heterocycles. The van der Waals surface area contributed by atoms with Gasteiger partial charge in [0.25, 0.3) is 0 Å². The lowest BCUT2D eigenvalue weighted by molar-refractivity contribution is 0.547. The lowest BCUT2D eigenvalue weighted by Crippen LogP contribution is -2.19. The molecule has 160 valence electrons. The Morgan fingerprint density at radius 2 is 1.45 bits per heavy atom. The maximum absolute atomic E-state index is 13.9. The molecule has 3 aromatic rings. The van der Waals surface area contributed by atoms with Crippen LogP contribution in [0.4, 0.5) is 0 Å². The Labute approximate surface area is 186 Å². The number of hydrogen-bond donors (Lipinski definition) is 0. The van der Waals surface area contributed by atoms with E-state index in [0.717, 1.165) is 33.4 Å². The summed E-state index contributed by atoms with van der Waals surface area (Å²) in [5.41, 5.74) is 5.98. The predicted octanol–water partition coefficient (Wildman–Crippen LogP) is 5.70. The first-order chi connectivity index (χ1) is 14.8. The van der Waals surface area contributed by atoms with Crippen molar-refractivity contribution < 1.29 is 8.42 Å². The molecule has 0 bridgehead atoms. The van der Waals surface area contributed by atoms with Crippen molar-refractivity contribution in [3.8, 4) is 0 Å². The molecule has 1 aliphatic rings. The summed E-state index contributed by atoms with van der Waals surface area (Å²) in [5.74, 6) is 0. The molecular formula is C27H29NO2S. The van der Waals surface area contributed by atoms with Gasteiger partial charge in [0.15, 0.2) is 0 Å². The molecule has 0 radical (unpaired) electrons. The Kier molecular flexibility index (Phi) is 5.87. The minimum absolute atomic E-state index is 0.0982. The maximum Gasteiger partial charge on any atom is 0.244 e. The number of hydrogen-bond acceptors (Lipinski definition) is 2. The van der Waals surface area contributed by atoms with Gasteiger partial charge < -0.3 is 0 Å². The molecule has 3 nitrogen and oxygen atoms in total. The highest BCUT2D eigenvalue weighted by atomic mass is 32.2. The van der Waals surface area contributed by atoms with E-state index in [2.05, 4.69) is 30.3 Å². The van der Waals surface area contributed by atoms with Crippen molar-refractivity contribution >= 4 is 15.6 Å². The molecule has 0 aliphatic carbocycles. The molecule has 31 heavy (non-hydrogen) atoms. The van der Waals surface area contributed by atoms with Gasteiger partial charge in [-0.25, -0.2) is 8.42 Å². The molecule has 1 saturated heterocycles. The van der Waals surface area contributed by atoms with Crippen molar-refractivity contribution in [1.82, 2.24) is 4.31 Å². The van der Waals surface area contributed by atoms with Crippen LogP contribution in [0.2, 0.25) is 0 Å².